The van der Waals surface area contributed by atoms with Gasteiger partial charge in [0.25, 0.3) is 5.56 Å². The summed E-state index contributed by atoms with van der Waals surface area (Å²) in [4.78, 5) is 24.9. The predicted octanol–water partition coefficient (Wildman–Crippen LogP) is 4.94. The predicted molar refractivity (Wildman–Crippen MR) is 88.9 cm³/mol. The number of rotatable bonds is 3. The second-order valence-corrected chi connectivity index (χ2v) is 6.15. The number of carboxylic acids is 1. The Morgan fingerprint density at radius 1 is 1.00 bits per heavy atom. The van der Waals surface area contributed by atoms with Crippen molar-refractivity contribution in [3.05, 3.63) is 53.3 Å². The van der Waals surface area contributed by atoms with Gasteiger partial charge in [0.1, 0.15) is 0 Å². The van der Waals surface area contributed by atoms with Gasteiger partial charge in [-0.1, -0.05) is 58.0 Å². The van der Waals surface area contributed by atoms with Crippen LogP contribution in [0.5, 0.6) is 0 Å². The molecular formula is C13H6Cl5NO3. The first-order valence-electron chi connectivity index (χ1n) is 5.69. The molecule has 1 heterocycles. The molecule has 1 aromatic heterocycles. The molecule has 2 rings (SSSR count). The Balaban J connectivity index is 2.73. The Morgan fingerprint density at radius 3 is 2.00 bits per heavy atom. The highest BCUT2D eigenvalue weighted by atomic mass is 35.5. The Hall–Kier alpha value is -0.910. The number of nitrogens with one attached hydrogen (secondary N) is 1. The highest BCUT2D eigenvalue weighted by Crippen LogP contribution is 2.47. The maximum atomic E-state index is 11.6. The third-order valence-corrected chi connectivity index (χ3v) is 5.10. The van der Waals surface area contributed by atoms with Crippen LogP contribution in [0, 0.1) is 0 Å². The first kappa shape index (κ1) is 17.4. The highest BCUT2D eigenvalue weighted by molar-refractivity contribution is 6.56. The normalized spacial score (nSPS) is 10.8. The van der Waals surface area contributed by atoms with Gasteiger partial charge >= 0.3 is 5.97 Å². The van der Waals surface area contributed by atoms with Crippen LogP contribution in [0.3, 0.4) is 0 Å². The van der Waals surface area contributed by atoms with Crippen molar-refractivity contribution < 1.29 is 9.90 Å². The molecule has 1 aromatic carbocycles. The number of pyridine rings is 1. The van der Waals surface area contributed by atoms with Crippen molar-refractivity contribution in [2.75, 3.05) is 0 Å². The summed E-state index contributed by atoms with van der Waals surface area (Å²) >= 11 is 30.2. The molecule has 0 aliphatic rings. The van der Waals surface area contributed by atoms with Crippen LogP contribution < -0.4 is 5.56 Å². The van der Waals surface area contributed by atoms with Crippen molar-refractivity contribution in [3.63, 3.8) is 0 Å². The summed E-state index contributed by atoms with van der Waals surface area (Å²) in [6, 6.07) is 1.36. The Morgan fingerprint density at radius 2 is 1.50 bits per heavy atom. The van der Waals surface area contributed by atoms with Gasteiger partial charge in [0, 0.05) is 22.9 Å². The molecule has 2 aromatic rings. The minimum absolute atomic E-state index is 0.0114. The van der Waals surface area contributed by atoms with E-state index >= 15 is 0 Å². The Bertz CT molecular complexity index is 802. The lowest BCUT2D eigenvalue weighted by Gasteiger charge is -2.13. The molecular weight excluding hydrogens is 395 g/mol. The number of carboxylic acid groups (broad SMARTS) is 1. The van der Waals surface area contributed by atoms with Crippen LogP contribution in [0.1, 0.15) is 5.56 Å². The largest absolute Gasteiger partial charge is 0.481 e. The first-order valence-corrected chi connectivity index (χ1v) is 7.58. The molecule has 0 aliphatic carbocycles. The van der Waals surface area contributed by atoms with Gasteiger partial charge in [-0.3, -0.25) is 9.59 Å². The van der Waals surface area contributed by atoms with Crippen molar-refractivity contribution >= 4 is 64.0 Å². The van der Waals surface area contributed by atoms with Gasteiger partial charge in [-0.2, -0.15) is 0 Å². The zero-order valence-corrected chi connectivity index (χ0v) is 14.3. The molecule has 9 heteroatoms. The lowest BCUT2D eigenvalue weighted by Crippen LogP contribution is -2.15. The van der Waals surface area contributed by atoms with Crippen LogP contribution >= 0.6 is 58.0 Å². The zero-order chi connectivity index (χ0) is 16.6. The second-order valence-electron chi connectivity index (χ2n) is 4.26. The summed E-state index contributed by atoms with van der Waals surface area (Å²) in [7, 11) is 0. The number of benzene rings is 1. The fourth-order valence-electron chi connectivity index (χ4n) is 1.83. The van der Waals surface area contributed by atoms with Gasteiger partial charge in [-0.05, 0) is 6.07 Å². The van der Waals surface area contributed by atoms with E-state index in [1.807, 2.05) is 0 Å². The van der Waals surface area contributed by atoms with Gasteiger partial charge in [-0.15, -0.1) is 0 Å². The average Bonchev–Trinajstić information content (AvgIpc) is 2.46. The number of hydrogen-bond acceptors (Lipinski definition) is 2. The summed E-state index contributed by atoms with van der Waals surface area (Å²) in [5.74, 6) is -1.15. The molecule has 4 nitrogen and oxygen atoms in total. The van der Waals surface area contributed by atoms with E-state index in [2.05, 4.69) is 4.98 Å². The highest BCUT2D eigenvalue weighted by Gasteiger charge is 2.21. The van der Waals surface area contributed by atoms with Crippen LogP contribution in [-0.2, 0) is 11.2 Å². The van der Waals surface area contributed by atoms with Crippen LogP contribution in [0.4, 0.5) is 0 Å². The third-order valence-electron chi connectivity index (χ3n) is 2.82. The van der Waals surface area contributed by atoms with Crippen molar-refractivity contribution in [3.8, 4) is 11.1 Å². The molecule has 116 valence electrons. The number of aromatic nitrogens is 1. The van der Waals surface area contributed by atoms with E-state index < -0.39 is 17.9 Å². The molecule has 2 N–H and O–H groups in total. The summed E-state index contributed by atoms with van der Waals surface area (Å²) in [5.41, 5.74) is 0.140. The maximum absolute atomic E-state index is 11.6. The molecule has 0 aliphatic heterocycles. The van der Waals surface area contributed by atoms with Crippen LogP contribution in [0.15, 0.2) is 17.1 Å². The molecule has 0 amide bonds. The van der Waals surface area contributed by atoms with E-state index in [-0.39, 0.29) is 36.2 Å². The minimum Gasteiger partial charge on any atom is -0.481 e. The molecule has 0 fully saturated rings. The fourth-order valence-corrected chi connectivity index (χ4v) is 3.18. The van der Waals surface area contributed by atoms with Crippen molar-refractivity contribution in [2.24, 2.45) is 0 Å². The van der Waals surface area contributed by atoms with E-state index in [4.69, 9.17) is 63.1 Å². The monoisotopic (exact) mass is 399 g/mol. The lowest BCUT2D eigenvalue weighted by molar-refractivity contribution is -0.136. The van der Waals surface area contributed by atoms with E-state index in [1.54, 1.807) is 0 Å². The van der Waals surface area contributed by atoms with Crippen LogP contribution in [0.25, 0.3) is 11.1 Å². The van der Waals surface area contributed by atoms with Gasteiger partial charge in [0.15, 0.2) is 0 Å². The Labute approximate surface area is 149 Å². The molecule has 0 atom stereocenters. The van der Waals surface area contributed by atoms with Gasteiger partial charge in [-0.25, -0.2) is 0 Å². The molecule has 0 spiro atoms. The topological polar surface area (TPSA) is 70.2 Å². The smallest absolute Gasteiger partial charge is 0.308 e. The van der Waals surface area contributed by atoms with Crippen molar-refractivity contribution in [2.45, 2.75) is 6.42 Å². The number of carbonyl (C=O) groups is 1. The standard InChI is InChI=1S/C13H6Cl5NO3/c14-8-7(9(15)11(17)12(18)10(8)16)5-1-4(2-6(20)21)13(22)19-3-5/h1,3H,2H2,(H,19,22)(H,20,21). The molecule has 0 saturated heterocycles. The second kappa shape index (κ2) is 6.69. The number of H-pyrrole nitrogens is 1. The van der Waals surface area contributed by atoms with Crippen LogP contribution in [-0.4, -0.2) is 16.1 Å². The quantitative estimate of drug-likeness (QED) is 0.566. The van der Waals surface area contributed by atoms with Crippen LogP contribution in [0.2, 0.25) is 25.1 Å². The van der Waals surface area contributed by atoms with Gasteiger partial charge in [0.05, 0.1) is 31.5 Å². The minimum atomic E-state index is -1.15. The zero-order valence-electron chi connectivity index (χ0n) is 10.5. The summed E-state index contributed by atoms with van der Waals surface area (Å²) in [6.07, 6.45) is 0.884. The number of hydrogen-bond donors (Lipinski definition) is 2. The summed E-state index contributed by atoms with van der Waals surface area (Å²) in [5, 5.41) is 8.96. The average molecular weight is 401 g/mol. The van der Waals surface area contributed by atoms with E-state index in [9.17, 15) is 9.59 Å². The van der Waals surface area contributed by atoms with Gasteiger partial charge in [0.2, 0.25) is 0 Å². The first-order chi connectivity index (χ1) is 10.2. The summed E-state index contributed by atoms with van der Waals surface area (Å²) < 4.78 is 0. The lowest BCUT2D eigenvalue weighted by atomic mass is 10.0. The summed E-state index contributed by atoms with van der Waals surface area (Å²) in [6.45, 7) is 0. The molecule has 0 bridgehead atoms. The maximum Gasteiger partial charge on any atom is 0.308 e. The van der Waals surface area contributed by atoms with Crippen molar-refractivity contribution in [1.82, 2.24) is 4.98 Å². The number of aliphatic carboxylic acids is 1. The molecule has 22 heavy (non-hydrogen) atoms. The molecule has 0 unspecified atom stereocenters. The Kier molecular flexibility index (Phi) is 5.30. The molecule has 0 saturated carbocycles. The van der Waals surface area contributed by atoms with E-state index in [0.717, 1.165) is 0 Å². The SMILES string of the molecule is O=C(O)Cc1cc(-c2c(Cl)c(Cl)c(Cl)c(Cl)c2Cl)c[nH]c1=O. The number of halogens is 5. The third kappa shape index (κ3) is 3.21. The van der Waals surface area contributed by atoms with E-state index in [1.165, 1.54) is 12.3 Å². The number of aromatic amines is 1. The fraction of sp³-hybridized carbons (Fsp3) is 0.0769. The van der Waals surface area contributed by atoms with Gasteiger partial charge < -0.3 is 10.1 Å². The van der Waals surface area contributed by atoms with E-state index in [0.29, 0.717) is 5.56 Å². The van der Waals surface area contributed by atoms with Crippen molar-refractivity contribution in [1.29, 1.82) is 0 Å². The molecule has 0 radical (unpaired) electrons.